The van der Waals surface area contributed by atoms with E-state index in [1.165, 1.54) is 0 Å². The van der Waals surface area contributed by atoms with Gasteiger partial charge in [-0.15, -0.1) is 0 Å². The van der Waals surface area contributed by atoms with E-state index in [-0.39, 0.29) is 17.7 Å². The number of halogens is 2. The molecule has 2 aromatic rings. The Bertz CT molecular complexity index is 838. The molecule has 1 amide bonds. The van der Waals surface area contributed by atoms with Crippen molar-refractivity contribution in [3.63, 3.8) is 0 Å². The van der Waals surface area contributed by atoms with E-state index in [1.807, 2.05) is 6.07 Å². The van der Waals surface area contributed by atoms with Crippen molar-refractivity contribution in [3.8, 4) is 5.75 Å². The van der Waals surface area contributed by atoms with Crippen LogP contribution < -0.4 is 9.64 Å². The molecule has 3 rings (SSSR count). The molecule has 0 spiro atoms. The molecule has 0 bridgehead atoms. The number of anilines is 1. The van der Waals surface area contributed by atoms with Gasteiger partial charge in [0.05, 0.1) is 0 Å². The van der Waals surface area contributed by atoms with Crippen LogP contribution in [0.2, 0.25) is 10.0 Å². The van der Waals surface area contributed by atoms with E-state index in [1.54, 1.807) is 48.3 Å². The van der Waals surface area contributed by atoms with Crippen molar-refractivity contribution in [3.05, 3.63) is 58.1 Å². The molecule has 5 nitrogen and oxygen atoms in total. The van der Waals surface area contributed by atoms with Gasteiger partial charge in [-0.1, -0.05) is 29.3 Å². The standard InChI is InChI=1S/C19H17Cl2NO4/c1-22(12-3-5-13(6-4-12)26-10-18(23)24)19(25)16-9-15(16)14-7-2-11(20)8-17(14)21/h2-8,15-16H,9-10H2,1H3,(H,23,24). The van der Waals surface area contributed by atoms with Crippen LogP contribution in [0.3, 0.4) is 0 Å². The summed E-state index contributed by atoms with van der Waals surface area (Å²) < 4.78 is 5.09. The zero-order valence-electron chi connectivity index (χ0n) is 14.0. The lowest BCUT2D eigenvalue weighted by Crippen LogP contribution is -2.28. The van der Waals surface area contributed by atoms with E-state index in [9.17, 15) is 9.59 Å². The van der Waals surface area contributed by atoms with Crippen LogP contribution in [0.1, 0.15) is 17.9 Å². The van der Waals surface area contributed by atoms with Crippen LogP contribution in [-0.4, -0.2) is 30.6 Å². The molecule has 1 fully saturated rings. The lowest BCUT2D eigenvalue weighted by atomic mass is 10.1. The van der Waals surface area contributed by atoms with Crippen molar-refractivity contribution in [2.45, 2.75) is 12.3 Å². The quantitative estimate of drug-likeness (QED) is 0.797. The van der Waals surface area contributed by atoms with Crippen molar-refractivity contribution < 1.29 is 19.4 Å². The van der Waals surface area contributed by atoms with E-state index in [4.69, 9.17) is 33.0 Å². The lowest BCUT2D eigenvalue weighted by molar-refractivity contribution is -0.139. The number of hydrogen-bond donors (Lipinski definition) is 1. The summed E-state index contributed by atoms with van der Waals surface area (Å²) >= 11 is 12.2. The number of aliphatic carboxylic acids is 1. The monoisotopic (exact) mass is 393 g/mol. The molecule has 2 aromatic carbocycles. The Labute approximate surface area is 161 Å². The third-order valence-electron chi connectivity index (χ3n) is 4.39. The molecule has 1 aliphatic carbocycles. The third-order valence-corrected chi connectivity index (χ3v) is 4.95. The number of benzene rings is 2. The topological polar surface area (TPSA) is 66.8 Å². The molecule has 0 saturated heterocycles. The number of carbonyl (C=O) groups is 2. The largest absolute Gasteiger partial charge is 0.482 e. The van der Waals surface area contributed by atoms with Crippen molar-refractivity contribution in [2.24, 2.45) is 5.92 Å². The molecule has 0 aromatic heterocycles. The van der Waals surface area contributed by atoms with Crippen LogP contribution in [0.25, 0.3) is 0 Å². The summed E-state index contributed by atoms with van der Waals surface area (Å²) in [6.45, 7) is -0.403. The Hall–Kier alpha value is -2.24. The fourth-order valence-corrected chi connectivity index (χ4v) is 3.45. The predicted octanol–water partition coefficient (Wildman–Crippen LogP) is 4.22. The average molecular weight is 394 g/mol. The van der Waals surface area contributed by atoms with Crippen LogP contribution in [0.15, 0.2) is 42.5 Å². The van der Waals surface area contributed by atoms with E-state index in [0.29, 0.717) is 21.5 Å². The molecule has 0 heterocycles. The Morgan fingerprint density at radius 3 is 2.50 bits per heavy atom. The molecule has 0 radical (unpaired) electrons. The van der Waals surface area contributed by atoms with Gasteiger partial charge in [-0.05, 0) is 54.3 Å². The Kier molecular flexibility index (Phi) is 5.39. The Morgan fingerprint density at radius 2 is 1.88 bits per heavy atom. The second-order valence-corrected chi connectivity index (χ2v) is 7.03. The van der Waals surface area contributed by atoms with Crippen molar-refractivity contribution >= 4 is 40.8 Å². The second kappa shape index (κ2) is 7.56. The summed E-state index contributed by atoms with van der Waals surface area (Å²) in [7, 11) is 1.72. The molecule has 0 aliphatic heterocycles. The van der Waals surface area contributed by atoms with Crippen molar-refractivity contribution in [2.75, 3.05) is 18.6 Å². The van der Waals surface area contributed by atoms with Gasteiger partial charge in [-0.3, -0.25) is 4.79 Å². The maximum Gasteiger partial charge on any atom is 0.341 e. The minimum atomic E-state index is -1.04. The van der Waals surface area contributed by atoms with E-state index >= 15 is 0 Å². The molecule has 1 saturated carbocycles. The maximum absolute atomic E-state index is 12.7. The summed E-state index contributed by atoms with van der Waals surface area (Å²) in [5, 5.41) is 9.77. The van der Waals surface area contributed by atoms with Gasteiger partial charge in [-0.2, -0.15) is 0 Å². The predicted molar refractivity (Wildman–Crippen MR) is 100 cm³/mol. The van der Waals surface area contributed by atoms with Crippen LogP contribution in [0, 0.1) is 5.92 Å². The van der Waals surface area contributed by atoms with Gasteiger partial charge >= 0.3 is 5.97 Å². The summed E-state index contributed by atoms with van der Waals surface area (Å²) in [5.41, 5.74) is 1.66. The first-order valence-electron chi connectivity index (χ1n) is 8.04. The second-order valence-electron chi connectivity index (χ2n) is 6.19. The molecule has 7 heteroatoms. The summed E-state index contributed by atoms with van der Waals surface area (Å²) in [6, 6.07) is 12.1. The number of carbonyl (C=O) groups excluding carboxylic acids is 1. The minimum Gasteiger partial charge on any atom is -0.482 e. The number of carboxylic acids is 1. The fraction of sp³-hybridized carbons (Fsp3) is 0.263. The Morgan fingerprint density at radius 1 is 1.19 bits per heavy atom. The smallest absolute Gasteiger partial charge is 0.341 e. The summed E-state index contributed by atoms with van der Waals surface area (Å²) in [4.78, 5) is 24.8. The van der Waals surface area contributed by atoms with E-state index in [0.717, 1.165) is 12.0 Å². The van der Waals surface area contributed by atoms with Crippen LogP contribution in [0.4, 0.5) is 5.69 Å². The van der Waals surface area contributed by atoms with Gasteiger partial charge in [0.2, 0.25) is 5.91 Å². The van der Waals surface area contributed by atoms with Crippen LogP contribution in [0.5, 0.6) is 5.75 Å². The molecule has 26 heavy (non-hydrogen) atoms. The first kappa shape index (κ1) is 18.5. The van der Waals surface area contributed by atoms with E-state index in [2.05, 4.69) is 0 Å². The minimum absolute atomic E-state index is 0.0141. The molecular weight excluding hydrogens is 377 g/mol. The molecule has 1 aliphatic rings. The zero-order valence-corrected chi connectivity index (χ0v) is 15.5. The van der Waals surface area contributed by atoms with Crippen LogP contribution in [-0.2, 0) is 9.59 Å². The zero-order chi connectivity index (χ0) is 18.8. The van der Waals surface area contributed by atoms with Gasteiger partial charge in [0, 0.05) is 28.7 Å². The van der Waals surface area contributed by atoms with Gasteiger partial charge in [-0.25, -0.2) is 4.79 Å². The van der Waals surface area contributed by atoms with E-state index < -0.39 is 12.6 Å². The number of hydrogen-bond acceptors (Lipinski definition) is 3. The molecular formula is C19H17Cl2NO4. The molecule has 2 unspecified atom stereocenters. The normalized spacial score (nSPS) is 18.3. The summed E-state index contributed by atoms with van der Waals surface area (Å²) in [5.74, 6) is -0.592. The van der Waals surface area contributed by atoms with Gasteiger partial charge in [0.15, 0.2) is 6.61 Å². The van der Waals surface area contributed by atoms with Crippen molar-refractivity contribution in [1.82, 2.24) is 0 Å². The first-order valence-corrected chi connectivity index (χ1v) is 8.79. The molecule has 2 atom stereocenters. The highest BCUT2D eigenvalue weighted by atomic mass is 35.5. The SMILES string of the molecule is CN(C(=O)C1CC1c1ccc(Cl)cc1Cl)c1ccc(OCC(=O)O)cc1. The van der Waals surface area contributed by atoms with Crippen LogP contribution >= 0.6 is 23.2 Å². The van der Waals surface area contributed by atoms with Gasteiger partial charge in [0.1, 0.15) is 5.75 Å². The fourth-order valence-electron chi connectivity index (χ4n) is 2.90. The highest BCUT2D eigenvalue weighted by Gasteiger charge is 2.46. The number of amides is 1. The average Bonchev–Trinajstić information content (AvgIpc) is 3.39. The maximum atomic E-state index is 12.7. The van der Waals surface area contributed by atoms with Crippen molar-refractivity contribution in [1.29, 1.82) is 0 Å². The third kappa shape index (κ3) is 4.11. The van der Waals surface area contributed by atoms with Gasteiger partial charge in [0.25, 0.3) is 0 Å². The molecule has 1 N–H and O–H groups in total. The number of carboxylic acid groups (broad SMARTS) is 1. The lowest BCUT2D eigenvalue weighted by Gasteiger charge is -2.18. The van der Waals surface area contributed by atoms with Gasteiger partial charge < -0.3 is 14.7 Å². The number of nitrogens with zero attached hydrogens (tertiary/aromatic N) is 1. The number of rotatable bonds is 6. The highest BCUT2D eigenvalue weighted by molar-refractivity contribution is 6.35. The Balaban J connectivity index is 1.64. The highest BCUT2D eigenvalue weighted by Crippen LogP contribution is 2.51. The summed E-state index contributed by atoms with van der Waals surface area (Å²) in [6.07, 6.45) is 0.754. The molecule has 136 valence electrons. The first-order chi connectivity index (χ1) is 12.4. The number of ether oxygens (including phenoxy) is 1.